The molecule has 2 rings (SSSR count). The van der Waals surface area contributed by atoms with E-state index in [9.17, 15) is 4.79 Å². The summed E-state index contributed by atoms with van der Waals surface area (Å²) in [7, 11) is 0. The minimum atomic E-state index is 0.199. The van der Waals surface area contributed by atoms with Gasteiger partial charge in [0, 0.05) is 32.6 Å². The lowest BCUT2D eigenvalue weighted by atomic mass is 9.93. The summed E-state index contributed by atoms with van der Waals surface area (Å²) in [5.74, 6) is 0.716. The Hall–Kier alpha value is -1.35. The number of likely N-dealkylation sites (tertiary alicyclic amines) is 1. The Labute approximate surface area is 122 Å². The number of benzene rings is 1. The van der Waals surface area contributed by atoms with Gasteiger partial charge in [-0.2, -0.15) is 0 Å². The summed E-state index contributed by atoms with van der Waals surface area (Å²) in [5.41, 5.74) is 2.72. The first-order valence-electron chi connectivity index (χ1n) is 7.67. The zero-order chi connectivity index (χ0) is 14.5. The first-order chi connectivity index (χ1) is 9.60. The van der Waals surface area contributed by atoms with Crippen LogP contribution in [0.4, 0.5) is 0 Å². The molecule has 0 spiro atoms. The Balaban J connectivity index is 1.83. The van der Waals surface area contributed by atoms with Crippen molar-refractivity contribution < 1.29 is 4.79 Å². The second kappa shape index (κ2) is 6.89. The quantitative estimate of drug-likeness (QED) is 0.915. The molecule has 3 nitrogen and oxygen atoms in total. The molecule has 1 saturated heterocycles. The van der Waals surface area contributed by atoms with E-state index in [1.807, 2.05) is 4.90 Å². The van der Waals surface area contributed by atoms with Crippen LogP contribution < -0.4 is 5.32 Å². The number of nitrogens with one attached hydrogen (secondary N) is 1. The van der Waals surface area contributed by atoms with E-state index in [0.717, 1.165) is 32.5 Å². The number of amides is 1. The van der Waals surface area contributed by atoms with Crippen molar-refractivity contribution in [2.45, 2.75) is 46.2 Å². The van der Waals surface area contributed by atoms with Crippen molar-refractivity contribution in [3.8, 4) is 0 Å². The van der Waals surface area contributed by atoms with E-state index >= 15 is 0 Å². The largest absolute Gasteiger partial charge is 0.343 e. The Bertz CT molecular complexity index is 441. The fraction of sp³-hybridized carbons (Fsp3) is 0.588. The van der Waals surface area contributed by atoms with E-state index in [-0.39, 0.29) is 5.91 Å². The van der Waals surface area contributed by atoms with Gasteiger partial charge in [0.1, 0.15) is 0 Å². The number of carbonyl (C=O) groups excluding carboxylic acids is 1. The number of hydrogen-bond donors (Lipinski definition) is 1. The molecule has 1 N–H and O–H groups in total. The van der Waals surface area contributed by atoms with Crippen molar-refractivity contribution in [1.82, 2.24) is 10.2 Å². The molecule has 110 valence electrons. The Morgan fingerprint density at radius 1 is 1.30 bits per heavy atom. The first-order valence-corrected chi connectivity index (χ1v) is 7.67. The number of hydrogen-bond acceptors (Lipinski definition) is 2. The van der Waals surface area contributed by atoms with Crippen molar-refractivity contribution in [2.75, 3.05) is 13.1 Å². The maximum absolute atomic E-state index is 11.4. The fourth-order valence-electron chi connectivity index (χ4n) is 2.88. The Morgan fingerprint density at radius 2 is 1.95 bits per heavy atom. The molecular formula is C17H26N2O. The number of nitrogens with zero attached hydrogens (tertiary/aromatic N) is 1. The highest BCUT2D eigenvalue weighted by atomic mass is 16.2. The van der Waals surface area contributed by atoms with Crippen LogP contribution in [0, 0.1) is 5.92 Å². The van der Waals surface area contributed by atoms with E-state index in [1.54, 1.807) is 6.92 Å². The molecule has 1 aliphatic rings. The summed E-state index contributed by atoms with van der Waals surface area (Å²) in [5, 5.41) is 3.65. The molecule has 0 bridgehead atoms. The highest BCUT2D eigenvalue weighted by molar-refractivity contribution is 5.73. The highest BCUT2D eigenvalue weighted by Crippen LogP contribution is 2.17. The van der Waals surface area contributed by atoms with Crippen molar-refractivity contribution in [1.29, 1.82) is 0 Å². The maximum Gasteiger partial charge on any atom is 0.219 e. The second-order valence-corrected chi connectivity index (χ2v) is 5.89. The Kier molecular flexibility index (Phi) is 5.18. The second-order valence-electron chi connectivity index (χ2n) is 5.89. The molecule has 0 aliphatic carbocycles. The highest BCUT2D eigenvalue weighted by Gasteiger charge is 2.26. The number of piperidine rings is 1. The topological polar surface area (TPSA) is 32.3 Å². The monoisotopic (exact) mass is 274 g/mol. The lowest BCUT2D eigenvalue weighted by molar-refractivity contribution is -0.130. The normalized spacial score (nSPS) is 22.9. The molecule has 1 aliphatic heterocycles. The van der Waals surface area contributed by atoms with E-state index < -0.39 is 0 Å². The number of carbonyl (C=O) groups is 1. The summed E-state index contributed by atoms with van der Waals surface area (Å²) >= 11 is 0. The zero-order valence-corrected chi connectivity index (χ0v) is 12.9. The fourth-order valence-corrected chi connectivity index (χ4v) is 2.88. The molecule has 1 aromatic carbocycles. The van der Waals surface area contributed by atoms with Crippen LogP contribution in [0.25, 0.3) is 0 Å². The predicted molar refractivity (Wildman–Crippen MR) is 82.5 cm³/mol. The van der Waals surface area contributed by atoms with Crippen LogP contribution in [0.3, 0.4) is 0 Å². The molecular weight excluding hydrogens is 248 g/mol. The van der Waals surface area contributed by atoms with Gasteiger partial charge in [-0.3, -0.25) is 4.79 Å². The van der Waals surface area contributed by atoms with Crippen LogP contribution in [-0.2, 0) is 17.8 Å². The van der Waals surface area contributed by atoms with Gasteiger partial charge in [-0.15, -0.1) is 0 Å². The van der Waals surface area contributed by atoms with Gasteiger partial charge in [0.2, 0.25) is 5.91 Å². The minimum Gasteiger partial charge on any atom is -0.343 e. The van der Waals surface area contributed by atoms with Crippen molar-refractivity contribution in [3.05, 3.63) is 35.4 Å². The molecule has 0 radical (unpaired) electrons. The average molecular weight is 274 g/mol. The molecule has 1 amide bonds. The predicted octanol–water partition coefficient (Wildman–Crippen LogP) is 2.60. The third kappa shape index (κ3) is 3.83. The smallest absolute Gasteiger partial charge is 0.219 e. The van der Waals surface area contributed by atoms with Crippen LogP contribution in [0.15, 0.2) is 24.3 Å². The van der Waals surface area contributed by atoms with Crippen LogP contribution in [0.5, 0.6) is 0 Å². The third-order valence-electron chi connectivity index (χ3n) is 4.35. The summed E-state index contributed by atoms with van der Waals surface area (Å²) in [6.45, 7) is 8.74. The Morgan fingerprint density at radius 3 is 2.50 bits per heavy atom. The van der Waals surface area contributed by atoms with Gasteiger partial charge in [-0.05, 0) is 29.9 Å². The van der Waals surface area contributed by atoms with Gasteiger partial charge in [0.25, 0.3) is 0 Å². The van der Waals surface area contributed by atoms with Gasteiger partial charge in [0.05, 0.1) is 0 Å². The van der Waals surface area contributed by atoms with E-state index in [1.165, 1.54) is 11.1 Å². The van der Waals surface area contributed by atoms with Gasteiger partial charge in [-0.25, -0.2) is 0 Å². The van der Waals surface area contributed by atoms with E-state index in [0.29, 0.717) is 12.0 Å². The van der Waals surface area contributed by atoms with Crippen molar-refractivity contribution >= 4 is 5.91 Å². The van der Waals surface area contributed by atoms with Gasteiger partial charge in [-0.1, -0.05) is 38.1 Å². The minimum absolute atomic E-state index is 0.199. The number of rotatable bonds is 4. The molecule has 1 fully saturated rings. The van der Waals surface area contributed by atoms with Crippen LogP contribution >= 0.6 is 0 Å². The van der Waals surface area contributed by atoms with Gasteiger partial charge in [0.15, 0.2) is 0 Å². The molecule has 20 heavy (non-hydrogen) atoms. The van der Waals surface area contributed by atoms with Crippen molar-refractivity contribution in [3.63, 3.8) is 0 Å². The average Bonchev–Trinajstić information content (AvgIpc) is 2.46. The van der Waals surface area contributed by atoms with E-state index in [2.05, 4.69) is 43.4 Å². The molecule has 1 heterocycles. The summed E-state index contributed by atoms with van der Waals surface area (Å²) < 4.78 is 0. The van der Waals surface area contributed by atoms with Crippen LogP contribution in [-0.4, -0.2) is 29.9 Å². The molecule has 1 aromatic rings. The molecule has 3 heteroatoms. The molecule has 2 atom stereocenters. The molecule has 0 saturated carbocycles. The summed E-state index contributed by atoms with van der Waals surface area (Å²) in [6.07, 6.45) is 2.14. The van der Waals surface area contributed by atoms with Crippen molar-refractivity contribution in [2.24, 2.45) is 5.92 Å². The lowest BCUT2D eigenvalue weighted by Gasteiger charge is -2.37. The van der Waals surface area contributed by atoms with Gasteiger partial charge >= 0.3 is 0 Å². The maximum atomic E-state index is 11.4. The van der Waals surface area contributed by atoms with Crippen LogP contribution in [0.1, 0.15) is 38.3 Å². The standard InChI is InChI=1S/C17H26N2O/c1-4-15-5-7-16(8-6-15)11-18-17-9-10-19(14(3)20)12-13(17)2/h5-8,13,17-18H,4,9-12H2,1-3H3/t13-,17-/m1/s1. The SMILES string of the molecule is CCc1ccc(CN[C@@H]2CCN(C(C)=O)C[C@H]2C)cc1. The lowest BCUT2D eigenvalue weighted by Crippen LogP contribution is -2.49. The summed E-state index contributed by atoms with van der Waals surface area (Å²) in [4.78, 5) is 13.4. The molecule has 0 unspecified atom stereocenters. The third-order valence-corrected chi connectivity index (χ3v) is 4.35. The zero-order valence-electron chi connectivity index (χ0n) is 12.9. The number of aryl methyl sites for hydroxylation is 1. The van der Waals surface area contributed by atoms with Gasteiger partial charge < -0.3 is 10.2 Å². The van der Waals surface area contributed by atoms with E-state index in [4.69, 9.17) is 0 Å². The molecule has 0 aromatic heterocycles. The summed E-state index contributed by atoms with van der Waals surface area (Å²) in [6, 6.07) is 9.34. The van der Waals surface area contributed by atoms with Crippen LogP contribution in [0.2, 0.25) is 0 Å². The first kappa shape index (κ1) is 15.0.